The van der Waals surface area contributed by atoms with Gasteiger partial charge < -0.3 is 10.3 Å². The Morgan fingerprint density at radius 1 is 1.41 bits per heavy atom. The van der Waals surface area contributed by atoms with Crippen molar-refractivity contribution in [1.29, 1.82) is 0 Å². The molecule has 3 aromatic rings. The van der Waals surface area contributed by atoms with Gasteiger partial charge in [-0.25, -0.2) is 9.37 Å². The minimum Gasteiger partial charge on any atom is -0.325 e. The molecule has 2 aromatic heterocycles. The van der Waals surface area contributed by atoms with E-state index >= 15 is 0 Å². The highest BCUT2D eigenvalue weighted by Crippen LogP contribution is 2.34. The number of nitrogens with one attached hydrogen (secondary N) is 2. The number of carbonyl (C=O) groups is 1. The fourth-order valence-electron chi connectivity index (χ4n) is 3.22. The summed E-state index contributed by atoms with van der Waals surface area (Å²) in [6.07, 6.45) is 3.09. The van der Waals surface area contributed by atoms with Gasteiger partial charge >= 0.3 is 0 Å². The summed E-state index contributed by atoms with van der Waals surface area (Å²) in [5.74, 6) is 0.633. The molecule has 1 aliphatic carbocycles. The van der Waals surface area contributed by atoms with Gasteiger partial charge in [0.2, 0.25) is 5.91 Å². The van der Waals surface area contributed by atoms with Crippen LogP contribution in [-0.4, -0.2) is 21.6 Å². The highest BCUT2D eigenvalue weighted by molar-refractivity contribution is 7.99. The fraction of sp³-hybridized carbons (Fsp3) is 0.316. The first-order valence-corrected chi connectivity index (χ1v) is 10.7. The number of aromatic amines is 1. The van der Waals surface area contributed by atoms with Crippen LogP contribution >= 0.6 is 23.1 Å². The number of benzene rings is 1. The molecule has 0 saturated carbocycles. The topological polar surface area (TPSA) is 74.8 Å². The van der Waals surface area contributed by atoms with Gasteiger partial charge in [-0.3, -0.25) is 9.59 Å². The molecule has 27 heavy (non-hydrogen) atoms. The van der Waals surface area contributed by atoms with Crippen molar-refractivity contribution in [3.8, 4) is 0 Å². The highest BCUT2D eigenvalue weighted by atomic mass is 32.2. The number of H-pyrrole nitrogens is 1. The molecule has 8 heteroatoms. The second kappa shape index (κ2) is 7.44. The average molecular weight is 404 g/mol. The van der Waals surface area contributed by atoms with Gasteiger partial charge in [0.15, 0.2) is 0 Å². The van der Waals surface area contributed by atoms with Crippen molar-refractivity contribution in [2.24, 2.45) is 0 Å². The van der Waals surface area contributed by atoms with Crippen LogP contribution in [0.2, 0.25) is 0 Å². The average Bonchev–Trinajstić information content (AvgIpc) is 3.18. The number of carbonyl (C=O) groups excluding carboxylic acids is 1. The molecule has 0 atom stereocenters. The Labute approximate surface area is 163 Å². The van der Waals surface area contributed by atoms with Gasteiger partial charge in [-0.05, 0) is 49.4 Å². The van der Waals surface area contributed by atoms with Crippen molar-refractivity contribution in [2.45, 2.75) is 31.9 Å². The number of rotatable bonds is 5. The minimum absolute atomic E-state index is 0.0883. The number of hydrogen-bond donors (Lipinski definition) is 2. The minimum atomic E-state index is -0.349. The Balaban J connectivity index is 1.38. The lowest BCUT2D eigenvalue weighted by Crippen LogP contribution is -2.15. The van der Waals surface area contributed by atoms with E-state index in [2.05, 4.69) is 15.3 Å². The zero-order valence-corrected chi connectivity index (χ0v) is 16.4. The Bertz CT molecular complexity index is 1090. The van der Waals surface area contributed by atoms with Gasteiger partial charge in [-0.2, -0.15) is 0 Å². The number of nitrogens with zero attached hydrogens (tertiary/aromatic N) is 1. The van der Waals surface area contributed by atoms with Crippen LogP contribution in [0.5, 0.6) is 0 Å². The molecule has 0 unspecified atom stereocenters. The van der Waals surface area contributed by atoms with Crippen LogP contribution in [0, 0.1) is 12.7 Å². The maximum absolute atomic E-state index is 13.5. The summed E-state index contributed by atoms with van der Waals surface area (Å²) in [7, 11) is 0. The van der Waals surface area contributed by atoms with Gasteiger partial charge in [0.05, 0.1) is 16.9 Å². The zero-order valence-electron chi connectivity index (χ0n) is 14.7. The molecule has 0 bridgehead atoms. The highest BCUT2D eigenvalue weighted by Gasteiger charge is 2.21. The Kier molecular flexibility index (Phi) is 5.01. The molecular weight excluding hydrogens is 385 g/mol. The third kappa shape index (κ3) is 3.77. The van der Waals surface area contributed by atoms with Crippen LogP contribution in [0.1, 0.15) is 28.2 Å². The SMILES string of the molecule is Cc1ccc(NC(=O)CSCc2nc3sc4c(c3c(=O)[nH]2)CCC4)cc1F. The number of amides is 1. The lowest BCUT2D eigenvalue weighted by atomic mass is 10.2. The van der Waals surface area contributed by atoms with Crippen LogP contribution < -0.4 is 10.9 Å². The van der Waals surface area contributed by atoms with Gasteiger partial charge in [-0.1, -0.05) is 6.07 Å². The lowest BCUT2D eigenvalue weighted by molar-refractivity contribution is -0.113. The molecule has 2 N–H and O–H groups in total. The van der Waals surface area contributed by atoms with Crippen LogP contribution in [0.3, 0.4) is 0 Å². The fourth-order valence-corrected chi connectivity index (χ4v) is 5.19. The first kappa shape index (κ1) is 18.2. The predicted molar refractivity (Wildman–Crippen MR) is 108 cm³/mol. The number of anilines is 1. The normalized spacial score (nSPS) is 13.1. The van der Waals surface area contributed by atoms with Crippen molar-refractivity contribution in [3.63, 3.8) is 0 Å². The van der Waals surface area contributed by atoms with E-state index in [-0.39, 0.29) is 23.0 Å². The number of thioether (sulfide) groups is 1. The molecule has 1 aliphatic rings. The molecular formula is C19H18FN3O2S2. The third-order valence-corrected chi connectivity index (χ3v) is 6.68. The molecule has 1 aromatic carbocycles. The van der Waals surface area contributed by atoms with Gasteiger partial charge in [0.1, 0.15) is 16.5 Å². The molecule has 0 fully saturated rings. The van der Waals surface area contributed by atoms with Crippen molar-refractivity contribution < 1.29 is 9.18 Å². The first-order chi connectivity index (χ1) is 13.0. The second-order valence-electron chi connectivity index (χ2n) is 6.56. The zero-order chi connectivity index (χ0) is 19.0. The van der Waals surface area contributed by atoms with E-state index in [4.69, 9.17) is 0 Å². The number of fused-ring (bicyclic) bond motifs is 3. The summed E-state index contributed by atoms with van der Waals surface area (Å²) >= 11 is 2.96. The van der Waals surface area contributed by atoms with Gasteiger partial charge in [-0.15, -0.1) is 23.1 Å². The van der Waals surface area contributed by atoms with Crippen LogP contribution in [0.15, 0.2) is 23.0 Å². The first-order valence-electron chi connectivity index (χ1n) is 8.68. The maximum atomic E-state index is 13.5. The molecule has 0 saturated heterocycles. The molecule has 5 nitrogen and oxygen atoms in total. The van der Waals surface area contributed by atoms with E-state index in [1.54, 1.807) is 30.4 Å². The number of hydrogen-bond acceptors (Lipinski definition) is 5. The lowest BCUT2D eigenvalue weighted by Gasteiger charge is -2.06. The van der Waals surface area contributed by atoms with E-state index in [1.807, 2.05) is 0 Å². The van der Waals surface area contributed by atoms with E-state index in [9.17, 15) is 14.0 Å². The molecule has 2 heterocycles. The molecule has 0 radical (unpaired) electrons. The summed E-state index contributed by atoms with van der Waals surface area (Å²) in [4.78, 5) is 33.9. The Morgan fingerprint density at radius 2 is 2.26 bits per heavy atom. The molecule has 1 amide bonds. The van der Waals surface area contributed by atoms with E-state index < -0.39 is 0 Å². The molecule has 4 rings (SSSR count). The molecule has 0 aliphatic heterocycles. The van der Waals surface area contributed by atoms with Crippen LogP contribution in [0.25, 0.3) is 10.2 Å². The van der Waals surface area contributed by atoms with Crippen molar-refractivity contribution in [3.05, 3.63) is 56.2 Å². The Morgan fingerprint density at radius 3 is 3.07 bits per heavy atom. The quantitative estimate of drug-likeness (QED) is 0.680. The Hall–Kier alpha value is -2.19. The van der Waals surface area contributed by atoms with E-state index in [1.165, 1.54) is 22.7 Å². The predicted octanol–water partition coefficient (Wildman–Crippen LogP) is 3.79. The third-order valence-electron chi connectivity index (χ3n) is 4.55. The number of halogens is 1. The van der Waals surface area contributed by atoms with Gasteiger partial charge in [0, 0.05) is 10.6 Å². The number of aryl methyl sites for hydroxylation is 3. The molecule has 140 valence electrons. The summed E-state index contributed by atoms with van der Waals surface area (Å²) in [5.41, 5.74) is 2.04. The summed E-state index contributed by atoms with van der Waals surface area (Å²) in [6, 6.07) is 4.60. The summed E-state index contributed by atoms with van der Waals surface area (Å²) in [5, 5.41) is 3.41. The van der Waals surface area contributed by atoms with Crippen molar-refractivity contribution in [1.82, 2.24) is 9.97 Å². The smallest absolute Gasteiger partial charge is 0.259 e. The summed E-state index contributed by atoms with van der Waals surface area (Å²) < 4.78 is 13.5. The van der Waals surface area contributed by atoms with Crippen LogP contribution in [0.4, 0.5) is 10.1 Å². The second-order valence-corrected chi connectivity index (χ2v) is 8.62. The van der Waals surface area contributed by atoms with Crippen LogP contribution in [-0.2, 0) is 23.4 Å². The summed E-state index contributed by atoms with van der Waals surface area (Å²) in [6.45, 7) is 1.67. The number of thiophene rings is 1. The molecule has 0 spiro atoms. The van der Waals surface area contributed by atoms with Crippen molar-refractivity contribution >= 4 is 44.9 Å². The monoisotopic (exact) mass is 403 g/mol. The maximum Gasteiger partial charge on any atom is 0.259 e. The van der Waals surface area contributed by atoms with Crippen molar-refractivity contribution in [2.75, 3.05) is 11.1 Å². The van der Waals surface area contributed by atoms with E-state index in [0.717, 1.165) is 35.0 Å². The van der Waals surface area contributed by atoms with E-state index in [0.29, 0.717) is 22.8 Å². The van der Waals surface area contributed by atoms with Gasteiger partial charge in [0.25, 0.3) is 5.56 Å². The number of aromatic nitrogens is 2. The largest absolute Gasteiger partial charge is 0.325 e. The standard InChI is InChI=1S/C19H18FN3O2S2/c1-10-5-6-11(7-13(10)20)21-16(24)9-26-8-15-22-18(25)17-12-3-2-4-14(12)27-19(17)23-15/h5-7H,2-4,8-9H2,1H3,(H,21,24)(H,22,23,25).